The molecule has 0 spiro atoms. The zero-order chi connectivity index (χ0) is 23.7. The van der Waals surface area contributed by atoms with E-state index in [1.54, 1.807) is 13.1 Å². The van der Waals surface area contributed by atoms with Gasteiger partial charge in [-0.1, -0.05) is 0 Å². The van der Waals surface area contributed by atoms with E-state index < -0.39 is 11.6 Å². The van der Waals surface area contributed by atoms with Crippen LogP contribution in [0.3, 0.4) is 0 Å². The average molecular weight is 466 g/mol. The van der Waals surface area contributed by atoms with Crippen LogP contribution in [0.4, 0.5) is 14.6 Å². The van der Waals surface area contributed by atoms with E-state index in [9.17, 15) is 13.6 Å². The molecule has 1 aliphatic heterocycles. The molecule has 176 valence electrons. The van der Waals surface area contributed by atoms with Crippen molar-refractivity contribution in [3.63, 3.8) is 0 Å². The predicted molar refractivity (Wildman–Crippen MR) is 124 cm³/mol. The highest BCUT2D eigenvalue weighted by molar-refractivity contribution is 5.95. The molecule has 0 unspecified atom stereocenters. The minimum Gasteiger partial charge on any atom is -0.378 e. The summed E-state index contributed by atoms with van der Waals surface area (Å²) >= 11 is 0. The molecule has 0 radical (unpaired) electrons. The Morgan fingerprint density at radius 1 is 1.06 bits per heavy atom. The van der Waals surface area contributed by atoms with E-state index >= 15 is 0 Å². The summed E-state index contributed by atoms with van der Waals surface area (Å²) in [6.07, 6.45) is 7.98. The third-order valence-corrected chi connectivity index (χ3v) is 5.90. The Kier molecular flexibility index (Phi) is 6.06. The largest absolute Gasteiger partial charge is 0.378 e. The van der Waals surface area contributed by atoms with Crippen molar-refractivity contribution >= 4 is 16.6 Å². The molecular weight excluding hydrogens is 442 g/mol. The quantitative estimate of drug-likeness (QED) is 0.461. The number of rotatable bonds is 3. The summed E-state index contributed by atoms with van der Waals surface area (Å²) in [5.41, 5.74) is 0.0939. The molecule has 0 bridgehead atoms. The molecule has 2 fully saturated rings. The minimum absolute atomic E-state index is 0.126. The molecule has 1 saturated carbocycles. The second kappa shape index (κ2) is 9.30. The topological polar surface area (TPSA) is 78.1 Å². The van der Waals surface area contributed by atoms with Gasteiger partial charge in [0.15, 0.2) is 0 Å². The molecule has 10 heteroatoms. The lowest BCUT2D eigenvalue weighted by Gasteiger charge is -2.28. The number of ether oxygens (including phenoxy) is 1. The molecular formula is C24H24F2N6O2. The highest BCUT2D eigenvalue weighted by Gasteiger charge is 2.23. The van der Waals surface area contributed by atoms with Gasteiger partial charge < -0.3 is 9.64 Å². The molecule has 0 N–H and O–H groups in total. The van der Waals surface area contributed by atoms with Gasteiger partial charge in [0.1, 0.15) is 17.5 Å². The Labute approximate surface area is 194 Å². The number of pyridine rings is 1. The maximum absolute atomic E-state index is 14.4. The standard InChI is InChI=1S/C18H16F2N4O2.C6H8N2/c1-23-18(25)13-9-16(24-4-6-26-7-5-24)22-17(14(13)10-21-23)12-3-2-11(19)8-15(12)20;1-4-7-8(5-1)6-2-3-6/h2-3,8-10H,4-7H2,1H3;1,4-6H,2-3H2. The number of benzene rings is 1. The van der Waals surface area contributed by atoms with Crippen LogP contribution in [-0.4, -0.2) is 50.8 Å². The molecule has 34 heavy (non-hydrogen) atoms. The first-order chi connectivity index (χ1) is 16.5. The van der Waals surface area contributed by atoms with E-state index in [1.807, 2.05) is 28.0 Å². The zero-order valence-corrected chi connectivity index (χ0v) is 18.7. The van der Waals surface area contributed by atoms with Crippen molar-refractivity contribution in [2.45, 2.75) is 18.9 Å². The van der Waals surface area contributed by atoms with Gasteiger partial charge in [0, 0.05) is 49.5 Å². The van der Waals surface area contributed by atoms with Crippen LogP contribution >= 0.6 is 0 Å². The van der Waals surface area contributed by atoms with E-state index in [2.05, 4.69) is 15.2 Å². The highest BCUT2D eigenvalue weighted by Crippen LogP contribution is 2.33. The minimum atomic E-state index is -0.737. The van der Waals surface area contributed by atoms with Crippen LogP contribution in [-0.2, 0) is 11.8 Å². The van der Waals surface area contributed by atoms with Crippen molar-refractivity contribution in [3.8, 4) is 11.3 Å². The Hall–Kier alpha value is -3.66. The number of aromatic nitrogens is 5. The van der Waals surface area contributed by atoms with Gasteiger partial charge in [-0.05, 0) is 37.1 Å². The smallest absolute Gasteiger partial charge is 0.274 e. The number of nitrogens with zero attached hydrogens (tertiary/aromatic N) is 6. The van der Waals surface area contributed by atoms with Crippen molar-refractivity contribution in [2.75, 3.05) is 31.2 Å². The van der Waals surface area contributed by atoms with Crippen molar-refractivity contribution in [3.05, 3.63) is 70.9 Å². The third-order valence-electron chi connectivity index (χ3n) is 5.90. The summed E-state index contributed by atoms with van der Waals surface area (Å²) < 4.78 is 36.3. The van der Waals surface area contributed by atoms with E-state index in [4.69, 9.17) is 4.74 Å². The van der Waals surface area contributed by atoms with Crippen LogP contribution < -0.4 is 10.5 Å². The number of morpholine rings is 1. The van der Waals surface area contributed by atoms with Crippen LogP contribution in [0.1, 0.15) is 18.9 Å². The Bertz CT molecular complexity index is 1360. The Morgan fingerprint density at radius 2 is 1.85 bits per heavy atom. The third kappa shape index (κ3) is 4.54. The number of anilines is 1. The second-order valence-corrected chi connectivity index (χ2v) is 8.30. The van der Waals surface area contributed by atoms with Gasteiger partial charge in [0.2, 0.25) is 0 Å². The van der Waals surface area contributed by atoms with Gasteiger partial charge in [0.25, 0.3) is 5.56 Å². The van der Waals surface area contributed by atoms with E-state index in [-0.39, 0.29) is 16.8 Å². The van der Waals surface area contributed by atoms with Gasteiger partial charge in [-0.25, -0.2) is 18.4 Å². The highest BCUT2D eigenvalue weighted by atomic mass is 19.1. The maximum Gasteiger partial charge on any atom is 0.274 e. The number of halogens is 2. The van der Waals surface area contributed by atoms with E-state index in [0.717, 1.165) is 12.1 Å². The molecule has 3 aromatic heterocycles. The van der Waals surface area contributed by atoms with Crippen molar-refractivity contribution in [2.24, 2.45) is 7.05 Å². The number of hydrogen-bond donors (Lipinski definition) is 0. The summed E-state index contributed by atoms with van der Waals surface area (Å²) in [5, 5.41) is 8.92. The first-order valence-corrected chi connectivity index (χ1v) is 11.2. The normalized spacial score (nSPS) is 15.8. The molecule has 6 rings (SSSR count). The van der Waals surface area contributed by atoms with Crippen molar-refractivity contribution in [1.29, 1.82) is 0 Å². The zero-order valence-electron chi connectivity index (χ0n) is 18.7. The first kappa shape index (κ1) is 22.1. The molecule has 0 amide bonds. The Balaban J connectivity index is 0.000000252. The van der Waals surface area contributed by atoms with E-state index in [1.165, 1.54) is 35.9 Å². The predicted octanol–water partition coefficient (Wildman–Crippen LogP) is 3.33. The SMILES string of the molecule is Cn1ncc2c(-c3ccc(F)cc3F)nc(N3CCOCC3)cc2c1=O.c1cnn(C2CC2)c1. The lowest BCUT2D eigenvalue weighted by atomic mass is 10.0. The lowest BCUT2D eigenvalue weighted by molar-refractivity contribution is 0.122. The van der Waals surface area contributed by atoms with Crippen LogP contribution in [0.15, 0.2) is 53.7 Å². The molecule has 4 heterocycles. The fourth-order valence-electron chi connectivity index (χ4n) is 3.90. The summed E-state index contributed by atoms with van der Waals surface area (Å²) in [7, 11) is 1.55. The van der Waals surface area contributed by atoms with Crippen LogP contribution in [0.2, 0.25) is 0 Å². The van der Waals surface area contributed by atoms with E-state index in [0.29, 0.717) is 42.9 Å². The number of fused-ring (bicyclic) bond motifs is 1. The average Bonchev–Trinajstić information content (AvgIpc) is 3.56. The molecule has 2 aliphatic rings. The van der Waals surface area contributed by atoms with Crippen molar-refractivity contribution < 1.29 is 13.5 Å². The van der Waals surface area contributed by atoms with Gasteiger partial charge in [0.05, 0.1) is 36.5 Å². The second-order valence-electron chi connectivity index (χ2n) is 8.30. The monoisotopic (exact) mass is 466 g/mol. The van der Waals surface area contributed by atoms with Gasteiger partial charge >= 0.3 is 0 Å². The summed E-state index contributed by atoms with van der Waals surface area (Å²) in [5.74, 6) is -0.852. The molecule has 0 atom stereocenters. The van der Waals surface area contributed by atoms with Crippen LogP contribution in [0, 0.1) is 11.6 Å². The molecule has 1 saturated heterocycles. The molecule has 8 nitrogen and oxygen atoms in total. The van der Waals surface area contributed by atoms with Crippen LogP contribution in [0.5, 0.6) is 0 Å². The Morgan fingerprint density at radius 3 is 2.53 bits per heavy atom. The summed E-state index contributed by atoms with van der Waals surface area (Å²) in [6, 6.07) is 7.70. The van der Waals surface area contributed by atoms with Crippen LogP contribution in [0.25, 0.3) is 22.0 Å². The number of hydrogen-bond acceptors (Lipinski definition) is 6. The summed E-state index contributed by atoms with van der Waals surface area (Å²) in [4.78, 5) is 19.1. The molecule has 1 aromatic carbocycles. The fourth-order valence-corrected chi connectivity index (χ4v) is 3.90. The van der Waals surface area contributed by atoms with Gasteiger partial charge in [-0.2, -0.15) is 10.2 Å². The summed E-state index contributed by atoms with van der Waals surface area (Å²) in [6.45, 7) is 2.34. The van der Waals surface area contributed by atoms with Gasteiger partial charge in [-0.3, -0.25) is 9.48 Å². The van der Waals surface area contributed by atoms with Crippen molar-refractivity contribution in [1.82, 2.24) is 24.5 Å². The lowest BCUT2D eigenvalue weighted by Crippen LogP contribution is -2.37. The van der Waals surface area contributed by atoms with Gasteiger partial charge in [-0.15, -0.1) is 0 Å². The molecule has 1 aliphatic carbocycles. The first-order valence-electron chi connectivity index (χ1n) is 11.2. The molecule has 4 aromatic rings. The number of aryl methyl sites for hydroxylation is 1. The fraction of sp³-hybridized carbons (Fsp3) is 0.333. The maximum atomic E-state index is 14.4.